The summed E-state index contributed by atoms with van der Waals surface area (Å²) in [6, 6.07) is 4.15. The van der Waals surface area contributed by atoms with E-state index in [1.807, 2.05) is 0 Å². The highest BCUT2D eigenvalue weighted by Gasteiger charge is 2.33. The standard InChI is InChI=1S/C11H11BrF3N3/c1-16-10-4-5-18(17-10)7-2-3-9(12)8(6-7)11(13,14)15/h2-3,6H,4-5H2,1H3,(H,16,17). The van der Waals surface area contributed by atoms with E-state index in [9.17, 15) is 13.2 Å². The normalized spacial score (nSPS) is 18.3. The van der Waals surface area contributed by atoms with E-state index in [0.29, 0.717) is 18.7 Å². The van der Waals surface area contributed by atoms with Gasteiger partial charge in [0, 0.05) is 24.5 Å². The molecule has 2 rings (SSSR count). The summed E-state index contributed by atoms with van der Waals surface area (Å²) in [4.78, 5) is 3.98. The topological polar surface area (TPSA) is 27.6 Å². The molecule has 0 atom stereocenters. The lowest BCUT2D eigenvalue weighted by molar-refractivity contribution is -0.138. The molecule has 3 nitrogen and oxygen atoms in total. The van der Waals surface area contributed by atoms with Gasteiger partial charge in [0.2, 0.25) is 0 Å². The Kier molecular flexibility index (Phi) is 3.52. The summed E-state index contributed by atoms with van der Waals surface area (Å²) in [5.74, 6) is 0.770. The Bertz CT molecular complexity index is 485. The van der Waals surface area contributed by atoms with E-state index >= 15 is 0 Å². The number of alkyl halides is 3. The highest BCUT2D eigenvalue weighted by atomic mass is 79.9. The number of hydrogen-bond donors (Lipinski definition) is 1. The van der Waals surface area contributed by atoms with Crippen LogP contribution in [-0.4, -0.2) is 19.4 Å². The zero-order valence-corrected chi connectivity index (χ0v) is 11.1. The molecule has 1 aliphatic heterocycles. The lowest BCUT2D eigenvalue weighted by Gasteiger charge is -2.20. The van der Waals surface area contributed by atoms with Gasteiger partial charge in [-0.25, -0.2) is 0 Å². The van der Waals surface area contributed by atoms with Gasteiger partial charge >= 0.3 is 6.18 Å². The molecule has 1 aromatic rings. The first-order valence-corrected chi connectivity index (χ1v) is 6.07. The Morgan fingerprint density at radius 3 is 2.67 bits per heavy atom. The second-order valence-electron chi connectivity index (χ2n) is 3.85. The molecule has 0 aliphatic carbocycles. The largest absolute Gasteiger partial charge is 0.417 e. The van der Waals surface area contributed by atoms with Crippen LogP contribution >= 0.6 is 15.9 Å². The van der Waals surface area contributed by atoms with Gasteiger partial charge in [-0.3, -0.25) is 15.4 Å². The van der Waals surface area contributed by atoms with Crippen molar-refractivity contribution in [3.05, 3.63) is 28.2 Å². The van der Waals surface area contributed by atoms with Crippen LogP contribution in [0.2, 0.25) is 0 Å². The molecule has 1 heterocycles. The van der Waals surface area contributed by atoms with E-state index < -0.39 is 11.7 Å². The van der Waals surface area contributed by atoms with E-state index in [1.165, 1.54) is 6.07 Å². The smallest absolute Gasteiger partial charge is 0.286 e. The average molecular weight is 322 g/mol. The van der Waals surface area contributed by atoms with Crippen molar-refractivity contribution in [3.63, 3.8) is 0 Å². The fraction of sp³-hybridized carbons (Fsp3) is 0.364. The fourth-order valence-electron chi connectivity index (χ4n) is 1.74. The molecular formula is C11H11BrF3N3. The van der Waals surface area contributed by atoms with Crippen LogP contribution in [0.3, 0.4) is 0 Å². The van der Waals surface area contributed by atoms with Gasteiger partial charge in [0.05, 0.1) is 11.3 Å². The minimum absolute atomic E-state index is 0.0438. The number of aliphatic imine (C=N–C) groups is 1. The molecule has 0 saturated carbocycles. The molecule has 0 amide bonds. The molecule has 0 spiro atoms. The van der Waals surface area contributed by atoms with Gasteiger partial charge in [0.15, 0.2) is 0 Å². The summed E-state index contributed by atoms with van der Waals surface area (Å²) >= 11 is 2.92. The minimum atomic E-state index is -4.36. The Morgan fingerprint density at radius 2 is 2.11 bits per heavy atom. The number of rotatable bonds is 1. The molecule has 18 heavy (non-hydrogen) atoms. The first-order valence-electron chi connectivity index (χ1n) is 5.28. The first kappa shape index (κ1) is 13.2. The highest BCUT2D eigenvalue weighted by molar-refractivity contribution is 9.10. The van der Waals surface area contributed by atoms with Crippen LogP contribution in [0.4, 0.5) is 18.9 Å². The van der Waals surface area contributed by atoms with E-state index in [0.717, 1.165) is 11.9 Å². The third-order valence-corrected chi connectivity index (χ3v) is 3.36. The van der Waals surface area contributed by atoms with E-state index in [4.69, 9.17) is 0 Å². The van der Waals surface area contributed by atoms with Gasteiger partial charge in [0.1, 0.15) is 5.84 Å². The first-order chi connectivity index (χ1) is 8.41. The summed E-state index contributed by atoms with van der Waals surface area (Å²) in [5.41, 5.74) is 2.75. The van der Waals surface area contributed by atoms with Gasteiger partial charge < -0.3 is 0 Å². The van der Waals surface area contributed by atoms with Crippen LogP contribution in [0.5, 0.6) is 0 Å². The number of amidine groups is 1. The van der Waals surface area contributed by atoms with Crippen molar-refractivity contribution in [2.75, 3.05) is 18.6 Å². The molecule has 0 radical (unpaired) electrons. The number of nitrogens with one attached hydrogen (secondary N) is 1. The van der Waals surface area contributed by atoms with Crippen LogP contribution in [0, 0.1) is 0 Å². The maximum absolute atomic E-state index is 12.8. The maximum Gasteiger partial charge on any atom is 0.417 e. The lowest BCUT2D eigenvalue weighted by atomic mass is 10.2. The summed E-state index contributed by atoms with van der Waals surface area (Å²) in [6.45, 7) is 0.603. The van der Waals surface area contributed by atoms with Crippen LogP contribution < -0.4 is 10.4 Å². The number of hydrogen-bond acceptors (Lipinski definition) is 2. The van der Waals surface area contributed by atoms with Crippen LogP contribution in [0.15, 0.2) is 27.7 Å². The summed E-state index contributed by atoms with van der Waals surface area (Å²) in [7, 11) is 1.65. The maximum atomic E-state index is 12.8. The van der Waals surface area contributed by atoms with Crippen LogP contribution in [0.25, 0.3) is 0 Å². The summed E-state index contributed by atoms with van der Waals surface area (Å²) in [5, 5.41) is 1.66. The number of anilines is 1. The number of benzene rings is 1. The lowest BCUT2D eigenvalue weighted by Crippen LogP contribution is -2.33. The monoisotopic (exact) mass is 321 g/mol. The Morgan fingerprint density at radius 1 is 1.39 bits per heavy atom. The third-order valence-electron chi connectivity index (χ3n) is 2.67. The second kappa shape index (κ2) is 4.79. The average Bonchev–Trinajstić information content (AvgIpc) is 2.76. The number of hydrazine groups is 1. The van der Waals surface area contributed by atoms with Crippen molar-refractivity contribution >= 4 is 27.5 Å². The van der Waals surface area contributed by atoms with Crippen molar-refractivity contribution < 1.29 is 13.2 Å². The zero-order chi connectivity index (χ0) is 13.3. The van der Waals surface area contributed by atoms with Gasteiger partial charge in [-0.1, -0.05) is 15.9 Å². The predicted octanol–water partition coefficient (Wildman–Crippen LogP) is 3.21. The quantitative estimate of drug-likeness (QED) is 0.860. The van der Waals surface area contributed by atoms with E-state index in [2.05, 4.69) is 26.3 Å². The minimum Gasteiger partial charge on any atom is -0.286 e. The van der Waals surface area contributed by atoms with Gasteiger partial charge in [-0.2, -0.15) is 13.2 Å². The van der Waals surface area contributed by atoms with Crippen molar-refractivity contribution in [1.29, 1.82) is 0 Å². The molecule has 0 unspecified atom stereocenters. The van der Waals surface area contributed by atoms with Crippen LogP contribution in [-0.2, 0) is 6.18 Å². The van der Waals surface area contributed by atoms with Crippen molar-refractivity contribution in [1.82, 2.24) is 5.43 Å². The highest BCUT2D eigenvalue weighted by Crippen LogP contribution is 2.37. The Hall–Kier alpha value is -1.24. The van der Waals surface area contributed by atoms with Crippen molar-refractivity contribution in [3.8, 4) is 0 Å². The van der Waals surface area contributed by atoms with Gasteiger partial charge in [-0.05, 0) is 18.2 Å². The summed E-state index contributed by atoms with van der Waals surface area (Å²) < 4.78 is 38.3. The van der Waals surface area contributed by atoms with E-state index in [-0.39, 0.29) is 4.47 Å². The van der Waals surface area contributed by atoms with E-state index in [1.54, 1.807) is 18.1 Å². The summed E-state index contributed by atoms with van der Waals surface area (Å²) in [6.07, 6.45) is -3.66. The molecule has 7 heteroatoms. The number of halogens is 4. The number of nitrogens with zero attached hydrogens (tertiary/aromatic N) is 2. The Labute approximate surface area is 111 Å². The van der Waals surface area contributed by atoms with Gasteiger partial charge in [0.25, 0.3) is 0 Å². The molecule has 1 saturated heterocycles. The molecule has 0 bridgehead atoms. The predicted molar refractivity (Wildman–Crippen MR) is 67.6 cm³/mol. The molecule has 0 aromatic heterocycles. The molecule has 1 N–H and O–H groups in total. The molecular weight excluding hydrogens is 311 g/mol. The zero-order valence-electron chi connectivity index (χ0n) is 9.55. The van der Waals surface area contributed by atoms with Crippen molar-refractivity contribution in [2.24, 2.45) is 4.99 Å². The second-order valence-corrected chi connectivity index (χ2v) is 4.70. The fourth-order valence-corrected chi connectivity index (χ4v) is 2.21. The Balaban J connectivity index is 2.31. The van der Waals surface area contributed by atoms with Crippen molar-refractivity contribution in [2.45, 2.75) is 12.6 Å². The molecule has 98 valence electrons. The SMILES string of the molecule is CN=C1CCN(c2ccc(Br)c(C(F)(F)F)c2)N1. The van der Waals surface area contributed by atoms with Crippen LogP contribution in [0.1, 0.15) is 12.0 Å². The molecule has 1 aliphatic rings. The molecule has 1 fully saturated rings. The molecule has 1 aromatic carbocycles. The van der Waals surface area contributed by atoms with Gasteiger partial charge in [-0.15, -0.1) is 0 Å². The third kappa shape index (κ3) is 2.60.